The quantitative estimate of drug-likeness (QED) is 0.486. The summed E-state index contributed by atoms with van der Waals surface area (Å²) >= 11 is 0. The molecule has 56 valence electrons. The van der Waals surface area contributed by atoms with Crippen molar-refractivity contribution in [2.45, 2.75) is 39.9 Å². The highest BCUT2D eigenvalue weighted by Crippen LogP contribution is 2.58. The van der Waals surface area contributed by atoms with Crippen LogP contribution in [0.15, 0.2) is 0 Å². The maximum atomic E-state index is 5.95. The fraction of sp³-hybridized carbons (Fsp3) is 1.00. The van der Waals surface area contributed by atoms with Crippen LogP contribution in [0.2, 0.25) is 5.82 Å². The zero-order valence-electron chi connectivity index (χ0n) is 7.52. The topological polar surface area (TPSA) is 0 Å². The summed E-state index contributed by atoms with van der Waals surface area (Å²) in [5.41, 5.74) is 0.417. The lowest BCUT2D eigenvalue weighted by Gasteiger charge is -2.55. The molecular weight excluding hydrogens is 119 g/mol. The number of hydrogen-bond acceptors (Lipinski definition) is 0. The Morgan fingerprint density at radius 2 is 2.00 bits per heavy atom. The van der Waals surface area contributed by atoms with Crippen LogP contribution in [0.5, 0.6) is 0 Å². The summed E-state index contributed by atoms with van der Waals surface area (Å²) in [7, 11) is 5.95. The van der Waals surface area contributed by atoms with Crippen molar-refractivity contribution < 1.29 is 0 Å². The Morgan fingerprint density at radius 1 is 1.50 bits per heavy atom. The molecule has 0 aliphatic heterocycles. The van der Waals surface area contributed by atoms with Crippen LogP contribution in [0.3, 0.4) is 0 Å². The van der Waals surface area contributed by atoms with E-state index in [0.717, 1.165) is 11.8 Å². The minimum atomic E-state index is 0.417. The predicted octanol–water partition coefficient (Wildman–Crippen LogP) is 2.65. The average molecular weight is 136 g/mol. The minimum absolute atomic E-state index is 0.417. The molecule has 3 unspecified atom stereocenters. The molecule has 0 N–H and O–H groups in total. The van der Waals surface area contributed by atoms with Gasteiger partial charge in [-0.2, -0.15) is 0 Å². The van der Waals surface area contributed by atoms with E-state index in [0.29, 0.717) is 11.2 Å². The maximum absolute atomic E-state index is 5.95. The van der Waals surface area contributed by atoms with E-state index in [1.807, 2.05) is 0 Å². The van der Waals surface area contributed by atoms with Crippen molar-refractivity contribution in [1.82, 2.24) is 0 Å². The molecule has 0 heterocycles. The number of rotatable bonds is 1. The van der Waals surface area contributed by atoms with Gasteiger partial charge in [-0.05, 0) is 17.3 Å². The van der Waals surface area contributed by atoms with Crippen LogP contribution >= 0.6 is 0 Å². The Labute approximate surface area is 65.8 Å². The lowest BCUT2D eigenvalue weighted by molar-refractivity contribution is 0.0157. The third-order valence-corrected chi connectivity index (χ3v) is 3.71. The molecule has 1 saturated carbocycles. The largest absolute Gasteiger partial charge is 0.0713 e. The zero-order chi connectivity index (χ0) is 7.94. The van der Waals surface area contributed by atoms with Crippen LogP contribution in [0.1, 0.15) is 34.1 Å². The summed E-state index contributed by atoms with van der Waals surface area (Å²) in [6, 6.07) is 0. The second kappa shape index (κ2) is 2.28. The van der Waals surface area contributed by atoms with Crippen LogP contribution in [0, 0.1) is 17.3 Å². The first-order valence-corrected chi connectivity index (χ1v) is 4.25. The molecule has 0 aromatic rings. The number of hydrogen-bond donors (Lipinski definition) is 0. The molecule has 0 aromatic heterocycles. The van der Waals surface area contributed by atoms with Crippen molar-refractivity contribution in [3.63, 3.8) is 0 Å². The van der Waals surface area contributed by atoms with Crippen LogP contribution < -0.4 is 0 Å². The molecule has 3 atom stereocenters. The molecule has 2 radical (unpaired) electrons. The van der Waals surface area contributed by atoms with Crippen LogP contribution in [-0.2, 0) is 0 Å². The lowest BCUT2D eigenvalue weighted by Crippen LogP contribution is -2.45. The highest BCUT2D eigenvalue weighted by Gasteiger charge is 2.47. The molecule has 0 spiro atoms. The molecule has 0 saturated heterocycles. The van der Waals surface area contributed by atoms with Gasteiger partial charge in [-0.1, -0.05) is 39.9 Å². The van der Waals surface area contributed by atoms with Gasteiger partial charge >= 0.3 is 0 Å². The summed E-state index contributed by atoms with van der Waals surface area (Å²) < 4.78 is 0. The highest BCUT2D eigenvalue weighted by atomic mass is 14.5. The zero-order valence-corrected chi connectivity index (χ0v) is 7.52. The van der Waals surface area contributed by atoms with Gasteiger partial charge in [0.25, 0.3) is 0 Å². The SMILES string of the molecule is [B]C1CC(C)C1(C)C(C)C. The van der Waals surface area contributed by atoms with Crippen molar-refractivity contribution in [2.75, 3.05) is 0 Å². The van der Waals surface area contributed by atoms with Crippen molar-refractivity contribution in [2.24, 2.45) is 17.3 Å². The summed E-state index contributed by atoms with van der Waals surface area (Å²) in [5, 5.41) is 0. The molecule has 0 nitrogen and oxygen atoms in total. The average Bonchev–Trinajstić information content (AvgIpc) is 1.86. The van der Waals surface area contributed by atoms with E-state index in [9.17, 15) is 0 Å². The maximum Gasteiger partial charge on any atom is 0.0707 e. The van der Waals surface area contributed by atoms with Gasteiger partial charge in [-0.15, -0.1) is 0 Å². The second-order valence-corrected chi connectivity index (χ2v) is 4.26. The highest BCUT2D eigenvalue weighted by molar-refractivity contribution is 6.12. The van der Waals surface area contributed by atoms with Crippen LogP contribution in [-0.4, -0.2) is 7.85 Å². The Morgan fingerprint density at radius 3 is 2.10 bits per heavy atom. The molecule has 10 heavy (non-hydrogen) atoms. The van der Waals surface area contributed by atoms with Gasteiger partial charge in [0.15, 0.2) is 0 Å². The summed E-state index contributed by atoms with van der Waals surface area (Å²) in [5.74, 6) is 2.00. The molecule has 1 fully saturated rings. The van der Waals surface area contributed by atoms with Crippen molar-refractivity contribution >= 4 is 7.85 Å². The predicted molar refractivity (Wildman–Crippen MR) is 46.2 cm³/mol. The van der Waals surface area contributed by atoms with E-state index in [2.05, 4.69) is 27.7 Å². The van der Waals surface area contributed by atoms with Gasteiger partial charge < -0.3 is 0 Å². The van der Waals surface area contributed by atoms with Gasteiger partial charge in [0.05, 0.1) is 7.85 Å². The van der Waals surface area contributed by atoms with Gasteiger partial charge in [0.2, 0.25) is 0 Å². The second-order valence-electron chi connectivity index (χ2n) is 4.26. The van der Waals surface area contributed by atoms with Gasteiger partial charge in [-0.25, -0.2) is 0 Å². The Kier molecular flexibility index (Phi) is 1.87. The fourth-order valence-corrected chi connectivity index (χ4v) is 2.09. The van der Waals surface area contributed by atoms with Crippen molar-refractivity contribution in [3.05, 3.63) is 0 Å². The molecular formula is C9H17B. The normalized spacial score (nSPS) is 47.3. The summed E-state index contributed by atoms with van der Waals surface area (Å²) in [6.07, 6.45) is 1.22. The van der Waals surface area contributed by atoms with E-state index in [4.69, 9.17) is 7.85 Å². The fourth-order valence-electron chi connectivity index (χ4n) is 2.09. The van der Waals surface area contributed by atoms with Gasteiger partial charge in [0, 0.05) is 0 Å². The molecule has 1 aliphatic rings. The third-order valence-electron chi connectivity index (χ3n) is 3.71. The summed E-state index contributed by atoms with van der Waals surface area (Å²) in [4.78, 5) is 0. The molecule has 0 aromatic carbocycles. The van der Waals surface area contributed by atoms with E-state index in [1.54, 1.807) is 0 Å². The monoisotopic (exact) mass is 136 g/mol. The first-order chi connectivity index (χ1) is 4.49. The van der Waals surface area contributed by atoms with Crippen LogP contribution in [0.4, 0.5) is 0 Å². The van der Waals surface area contributed by atoms with E-state index >= 15 is 0 Å². The van der Waals surface area contributed by atoms with Crippen molar-refractivity contribution in [3.8, 4) is 0 Å². The van der Waals surface area contributed by atoms with Crippen LogP contribution in [0.25, 0.3) is 0 Å². The third kappa shape index (κ3) is 0.827. The van der Waals surface area contributed by atoms with E-state index in [-0.39, 0.29) is 0 Å². The molecule has 0 amide bonds. The van der Waals surface area contributed by atoms with Gasteiger partial charge in [0.1, 0.15) is 0 Å². The first kappa shape index (κ1) is 8.16. The lowest BCUT2D eigenvalue weighted by atomic mass is 9.44. The van der Waals surface area contributed by atoms with Gasteiger partial charge in [-0.3, -0.25) is 0 Å². The smallest absolute Gasteiger partial charge is 0.0707 e. The Hall–Kier alpha value is 0.0649. The molecule has 0 bridgehead atoms. The molecule has 1 heteroatoms. The molecule has 1 aliphatic carbocycles. The Balaban J connectivity index is 2.66. The van der Waals surface area contributed by atoms with E-state index in [1.165, 1.54) is 6.42 Å². The first-order valence-electron chi connectivity index (χ1n) is 4.25. The standard InChI is InChI=1S/C9H17B/c1-6(2)9(4)7(3)5-8(9)10/h6-8H,5H2,1-4H3. The minimum Gasteiger partial charge on any atom is -0.0713 e. The summed E-state index contributed by atoms with van der Waals surface area (Å²) in [6.45, 7) is 9.17. The Bertz CT molecular complexity index is 111. The molecule has 1 rings (SSSR count). The van der Waals surface area contributed by atoms with E-state index < -0.39 is 0 Å². The van der Waals surface area contributed by atoms with Crippen molar-refractivity contribution in [1.29, 1.82) is 0 Å².